The topological polar surface area (TPSA) is 85.2 Å². The van der Waals surface area contributed by atoms with Gasteiger partial charge in [0.25, 0.3) is 0 Å². The van der Waals surface area contributed by atoms with Crippen LogP contribution in [0.5, 0.6) is 0 Å². The normalized spacial score (nSPS) is 11.6. The molecule has 0 aromatic heterocycles. The molecule has 0 bridgehead atoms. The Hall–Kier alpha value is -1.13. The van der Waals surface area contributed by atoms with E-state index in [2.05, 4.69) is 11.8 Å². The van der Waals surface area contributed by atoms with Crippen molar-refractivity contribution in [2.45, 2.75) is 13.0 Å². The number of aliphatic hydroxyl groups is 1. The molecule has 6 nitrogen and oxygen atoms in total. The molecule has 17 heavy (non-hydrogen) atoms. The van der Waals surface area contributed by atoms with E-state index in [0.29, 0.717) is 13.2 Å². The Bertz CT molecular complexity index is 254. The van der Waals surface area contributed by atoms with Crippen molar-refractivity contribution < 1.29 is 29.2 Å². The summed E-state index contributed by atoms with van der Waals surface area (Å²) >= 11 is 0. The van der Waals surface area contributed by atoms with Gasteiger partial charge in [-0.15, -0.1) is 5.92 Å². The van der Waals surface area contributed by atoms with Gasteiger partial charge in [-0.2, -0.15) is 0 Å². The molecule has 0 saturated heterocycles. The molecule has 0 aliphatic heterocycles. The third kappa shape index (κ3) is 9.78. The predicted molar refractivity (Wildman–Crippen MR) is 59.5 cm³/mol. The minimum Gasteiger partial charge on any atom is -0.479 e. The number of hydrogen-bond donors (Lipinski definition) is 2. The molecular formula is C11H18O6. The van der Waals surface area contributed by atoms with Crippen molar-refractivity contribution in [3.63, 3.8) is 0 Å². The summed E-state index contributed by atoms with van der Waals surface area (Å²) in [6, 6.07) is 0. The van der Waals surface area contributed by atoms with Gasteiger partial charge in [0.05, 0.1) is 39.6 Å². The maximum Gasteiger partial charge on any atom is 0.345 e. The predicted octanol–water partition coefficient (Wildman–Crippen LogP) is -0.495. The summed E-state index contributed by atoms with van der Waals surface area (Å²) in [5.41, 5.74) is 0. The molecule has 0 amide bonds. The summed E-state index contributed by atoms with van der Waals surface area (Å²) in [5.74, 6) is 3.80. The van der Waals surface area contributed by atoms with Crippen molar-refractivity contribution in [1.29, 1.82) is 0 Å². The fraction of sp³-hybridized carbons (Fsp3) is 0.727. The Labute approximate surface area is 100 Å². The molecule has 0 aromatic rings. The van der Waals surface area contributed by atoms with Gasteiger partial charge in [0, 0.05) is 0 Å². The smallest absolute Gasteiger partial charge is 0.345 e. The molecule has 98 valence electrons. The van der Waals surface area contributed by atoms with Crippen LogP contribution in [-0.4, -0.2) is 61.9 Å². The van der Waals surface area contributed by atoms with Crippen LogP contribution in [0.1, 0.15) is 6.92 Å². The third-order valence-electron chi connectivity index (χ3n) is 1.62. The van der Waals surface area contributed by atoms with Gasteiger partial charge in [0.2, 0.25) is 6.10 Å². The lowest BCUT2D eigenvalue weighted by Gasteiger charge is -2.08. The van der Waals surface area contributed by atoms with Crippen LogP contribution in [0, 0.1) is 11.8 Å². The minimum atomic E-state index is -1.11. The number of aliphatic carboxylic acids is 1. The van der Waals surface area contributed by atoms with Gasteiger partial charge in [-0.1, -0.05) is 5.92 Å². The van der Waals surface area contributed by atoms with Gasteiger partial charge in [-0.05, 0) is 6.92 Å². The number of carboxylic acid groups (broad SMARTS) is 1. The van der Waals surface area contributed by atoms with E-state index in [-0.39, 0.29) is 26.4 Å². The molecule has 0 rings (SSSR count). The molecule has 0 aliphatic rings. The lowest BCUT2D eigenvalue weighted by Crippen LogP contribution is -2.24. The third-order valence-corrected chi connectivity index (χ3v) is 1.62. The molecule has 0 fully saturated rings. The Balaban J connectivity index is 3.42. The molecule has 0 aromatic carbocycles. The molecule has 1 unspecified atom stereocenters. The maximum atomic E-state index is 10.6. The molecular weight excluding hydrogens is 228 g/mol. The highest BCUT2D eigenvalue weighted by atomic mass is 16.6. The summed E-state index contributed by atoms with van der Waals surface area (Å²) in [5, 5.41) is 17.1. The van der Waals surface area contributed by atoms with Crippen LogP contribution < -0.4 is 0 Å². The summed E-state index contributed by atoms with van der Waals surface area (Å²) in [7, 11) is 0. The molecule has 0 saturated carbocycles. The number of ether oxygens (including phenoxy) is 3. The Morgan fingerprint density at radius 2 is 1.76 bits per heavy atom. The SMILES string of the molecule is CC#CC(OCCOCCOCCO)C(=O)O. The van der Waals surface area contributed by atoms with Gasteiger partial charge < -0.3 is 24.4 Å². The first-order valence-electron chi connectivity index (χ1n) is 5.25. The molecule has 2 N–H and O–H groups in total. The van der Waals surface area contributed by atoms with Gasteiger partial charge in [-0.25, -0.2) is 4.79 Å². The van der Waals surface area contributed by atoms with E-state index in [4.69, 9.17) is 24.4 Å². The standard InChI is InChI=1S/C11H18O6/c1-2-3-10(11(13)14)17-9-8-16-7-6-15-5-4-12/h10,12H,4-9H2,1H3,(H,13,14). The zero-order chi connectivity index (χ0) is 12.9. The fourth-order valence-electron chi connectivity index (χ4n) is 0.917. The number of hydrogen-bond acceptors (Lipinski definition) is 5. The van der Waals surface area contributed by atoms with Crippen LogP contribution in [-0.2, 0) is 19.0 Å². The van der Waals surface area contributed by atoms with Crippen molar-refractivity contribution in [3.8, 4) is 11.8 Å². The highest BCUT2D eigenvalue weighted by Gasteiger charge is 2.13. The summed E-state index contributed by atoms with van der Waals surface area (Å²) < 4.78 is 15.1. The maximum absolute atomic E-state index is 10.6. The monoisotopic (exact) mass is 246 g/mol. The van der Waals surface area contributed by atoms with Crippen LogP contribution in [0.3, 0.4) is 0 Å². The highest BCUT2D eigenvalue weighted by molar-refractivity contribution is 5.76. The molecule has 0 spiro atoms. The molecule has 0 heterocycles. The number of aliphatic hydroxyl groups excluding tert-OH is 1. The lowest BCUT2D eigenvalue weighted by atomic mass is 10.3. The first kappa shape index (κ1) is 15.9. The molecule has 1 atom stereocenters. The van der Waals surface area contributed by atoms with Gasteiger partial charge in [0.1, 0.15) is 0 Å². The van der Waals surface area contributed by atoms with Crippen molar-refractivity contribution >= 4 is 5.97 Å². The minimum absolute atomic E-state index is 0.0148. The van der Waals surface area contributed by atoms with E-state index in [1.807, 2.05) is 0 Å². The number of carboxylic acids is 1. The van der Waals surface area contributed by atoms with Crippen LogP contribution in [0.15, 0.2) is 0 Å². The average Bonchev–Trinajstić information content (AvgIpc) is 2.31. The lowest BCUT2D eigenvalue weighted by molar-refractivity contribution is -0.147. The van der Waals surface area contributed by atoms with Gasteiger partial charge in [0.15, 0.2) is 0 Å². The molecule has 6 heteroatoms. The Morgan fingerprint density at radius 1 is 1.18 bits per heavy atom. The van der Waals surface area contributed by atoms with E-state index in [1.54, 1.807) is 6.92 Å². The van der Waals surface area contributed by atoms with Crippen molar-refractivity contribution in [2.24, 2.45) is 0 Å². The van der Waals surface area contributed by atoms with Crippen molar-refractivity contribution in [2.75, 3.05) is 39.6 Å². The quantitative estimate of drug-likeness (QED) is 0.399. The first-order chi connectivity index (χ1) is 8.22. The van der Waals surface area contributed by atoms with Crippen LogP contribution in [0.2, 0.25) is 0 Å². The van der Waals surface area contributed by atoms with Crippen LogP contribution >= 0.6 is 0 Å². The Kier molecular flexibility index (Phi) is 10.6. The summed E-state index contributed by atoms with van der Waals surface area (Å²) in [6.45, 7) is 3.02. The van der Waals surface area contributed by atoms with Crippen LogP contribution in [0.25, 0.3) is 0 Å². The Morgan fingerprint density at radius 3 is 2.29 bits per heavy atom. The average molecular weight is 246 g/mol. The highest BCUT2D eigenvalue weighted by Crippen LogP contribution is 1.91. The zero-order valence-corrected chi connectivity index (χ0v) is 9.85. The number of rotatable bonds is 10. The second kappa shape index (κ2) is 11.4. The second-order valence-electron chi connectivity index (χ2n) is 2.93. The van der Waals surface area contributed by atoms with Crippen LogP contribution in [0.4, 0.5) is 0 Å². The number of carbonyl (C=O) groups is 1. The van der Waals surface area contributed by atoms with E-state index >= 15 is 0 Å². The fourth-order valence-corrected chi connectivity index (χ4v) is 0.917. The zero-order valence-electron chi connectivity index (χ0n) is 9.85. The summed E-state index contributed by atoms with van der Waals surface area (Å²) in [6.07, 6.45) is -1.10. The van der Waals surface area contributed by atoms with E-state index in [9.17, 15) is 4.79 Å². The van der Waals surface area contributed by atoms with E-state index < -0.39 is 12.1 Å². The van der Waals surface area contributed by atoms with Gasteiger partial charge in [-0.3, -0.25) is 0 Å². The molecule has 0 radical (unpaired) electrons. The van der Waals surface area contributed by atoms with Crippen molar-refractivity contribution in [1.82, 2.24) is 0 Å². The van der Waals surface area contributed by atoms with E-state index in [0.717, 1.165) is 0 Å². The largest absolute Gasteiger partial charge is 0.479 e. The second-order valence-corrected chi connectivity index (χ2v) is 2.93. The first-order valence-corrected chi connectivity index (χ1v) is 5.25. The molecule has 0 aliphatic carbocycles. The van der Waals surface area contributed by atoms with Crippen molar-refractivity contribution in [3.05, 3.63) is 0 Å². The van der Waals surface area contributed by atoms with Gasteiger partial charge >= 0.3 is 5.97 Å². The van der Waals surface area contributed by atoms with E-state index in [1.165, 1.54) is 0 Å². The summed E-state index contributed by atoms with van der Waals surface area (Å²) in [4.78, 5) is 10.6.